The van der Waals surface area contributed by atoms with E-state index in [2.05, 4.69) is 24.0 Å². The highest BCUT2D eigenvalue weighted by atomic mass is 16.2. The molecule has 1 amide bonds. The molecule has 0 aliphatic carbocycles. The van der Waals surface area contributed by atoms with Gasteiger partial charge in [0.2, 0.25) is 0 Å². The van der Waals surface area contributed by atoms with Crippen LogP contribution in [0.2, 0.25) is 0 Å². The van der Waals surface area contributed by atoms with Crippen LogP contribution < -0.4 is 0 Å². The highest BCUT2D eigenvalue weighted by Gasteiger charge is 2.30. The number of likely N-dealkylation sites (tertiary alicyclic amines) is 1. The molecule has 1 aromatic heterocycles. The van der Waals surface area contributed by atoms with Gasteiger partial charge in [0.15, 0.2) is 0 Å². The van der Waals surface area contributed by atoms with Gasteiger partial charge in [0.25, 0.3) is 5.91 Å². The fourth-order valence-electron chi connectivity index (χ4n) is 3.14. The standard InChI is InChI=1S/C16H21N3O/c1-18(2)11-12-5-4-10-19(12)16(20)14-6-3-7-15-13(14)8-9-17-15/h3,6-9,12,17H,4-5,10-11H2,1-2H3. The average Bonchev–Trinajstić information content (AvgIpc) is 3.05. The van der Waals surface area contributed by atoms with Gasteiger partial charge in [0, 0.05) is 41.8 Å². The number of carbonyl (C=O) groups is 1. The Morgan fingerprint density at radius 3 is 3.05 bits per heavy atom. The maximum Gasteiger partial charge on any atom is 0.254 e. The number of hydrogen-bond donors (Lipinski definition) is 1. The van der Waals surface area contributed by atoms with Gasteiger partial charge in [-0.15, -0.1) is 0 Å². The van der Waals surface area contributed by atoms with Crippen molar-refractivity contribution in [2.45, 2.75) is 18.9 Å². The lowest BCUT2D eigenvalue weighted by atomic mass is 10.1. The molecule has 3 rings (SSSR count). The molecule has 0 radical (unpaired) electrons. The average molecular weight is 271 g/mol. The summed E-state index contributed by atoms with van der Waals surface area (Å²) in [4.78, 5) is 20.2. The van der Waals surface area contributed by atoms with Crippen molar-refractivity contribution in [3.05, 3.63) is 36.0 Å². The summed E-state index contributed by atoms with van der Waals surface area (Å²) in [5.41, 5.74) is 1.84. The first kappa shape index (κ1) is 13.2. The predicted octanol–water partition coefficient (Wildman–Crippen LogP) is 2.33. The Labute approximate surface area is 119 Å². The van der Waals surface area contributed by atoms with E-state index in [9.17, 15) is 4.79 Å². The summed E-state index contributed by atoms with van der Waals surface area (Å²) in [6, 6.07) is 8.21. The minimum absolute atomic E-state index is 0.166. The molecule has 0 spiro atoms. The van der Waals surface area contributed by atoms with Crippen LogP contribution in [0, 0.1) is 0 Å². The summed E-state index contributed by atoms with van der Waals surface area (Å²) < 4.78 is 0. The lowest BCUT2D eigenvalue weighted by molar-refractivity contribution is 0.0718. The van der Waals surface area contributed by atoms with Gasteiger partial charge in [-0.25, -0.2) is 0 Å². The molecule has 0 saturated carbocycles. The molecule has 1 N–H and O–H groups in total. The number of H-pyrrole nitrogens is 1. The Morgan fingerprint density at radius 1 is 1.40 bits per heavy atom. The predicted molar refractivity (Wildman–Crippen MR) is 80.9 cm³/mol. The van der Waals surface area contributed by atoms with Crippen LogP contribution >= 0.6 is 0 Å². The van der Waals surface area contributed by atoms with Gasteiger partial charge in [-0.3, -0.25) is 4.79 Å². The van der Waals surface area contributed by atoms with Gasteiger partial charge in [-0.05, 0) is 45.1 Å². The lowest BCUT2D eigenvalue weighted by Crippen LogP contribution is -2.41. The monoisotopic (exact) mass is 271 g/mol. The lowest BCUT2D eigenvalue weighted by Gasteiger charge is -2.27. The second-order valence-corrected chi connectivity index (χ2v) is 5.80. The van der Waals surface area contributed by atoms with Crippen LogP contribution in [-0.4, -0.2) is 53.9 Å². The van der Waals surface area contributed by atoms with E-state index >= 15 is 0 Å². The number of aromatic nitrogens is 1. The summed E-state index contributed by atoms with van der Waals surface area (Å²) >= 11 is 0. The van der Waals surface area contributed by atoms with Crippen molar-refractivity contribution in [2.75, 3.05) is 27.2 Å². The van der Waals surface area contributed by atoms with Crippen molar-refractivity contribution in [3.8, 4) is 0 Å². The molecule has 2 heterocycles. The maximum atomic E-state index is 12.8. The minimum Gasteiger partial charge on any atom is -0.361 e. The summed E-state index contributed by atoms with van der Waals surface area (Å²) in [7, 11) is 4.13. The number of likely N-dealkylation sites (N-methyl/N-ethyl adjacent to an activating group) is 1. The van der Waals surface area contributed by atoms with Crippen molar-refractivity contribution in [1.29, 1.82) is 0 Å². The molecule has 1 atom stereocenters. The number of nitrogens with zero attached hydrogens (tertiary/aromatic N) is 2. The molecular formula is C16H21N3O. The second kappa shape index (κ2) is 5.29. The van der Waals surface area contributed by atoms with Crippen molar-refractivity contribution in [2.24, 2.45) is 0 Å². The molecule has 0 bridgehead atoms. The van der Waals surface area contributed by atoms with E-state index in [0.717, 1.165) is 42.4 Å². The number of hydrogen-bond acceptors (Lipinski definition) is 2. The molecule has 106 valence electrons. The fourth-order valence-corrected chi connectivity index (χ4v) is 3.14. The van der Waals surface area contributed by atoms with E-state index in [1.54, 1.807) is 0 Å². The summed E-state index contributed by atoms with van der Waals surface area (Å²) in [6.45, 7) is 1.81. The number of benzene rings is 1. The summed E-state index contributed by atoms with van der Waals surface area (Å²) in [6.07, 6.45) is 4.10. The number of amides is 1. The van der Waals surface area contributed by atoms with Gasteiger partial charge in [0.05, 0.1) is 0 Å². The first-order chi connectivity index (χ1) is 9.66. The molecule has 4 nitrogen and oxygen atoms in total. The van der Waals surface area contributed by atoms with Crippen LogP contribution in [0.15, 0.2) is 30.5 Å². The Morgan fingerprint density at radius 2 is 2.25 bits per heavy atom. The highest BCUT2D eigenvalue weighted by Crippen LogP contribution is 2.24. The van der Waals surface area contributed by atoms with Crippen molar-refractivity contribution in [3.63, 3.8) is 0 Å². The van der Waals surface area contributed by atoms with E-state index in [1.807, 2.05) is 35.4 Å². The maximum absolute atomic E-state index is 12.8. The molecule has 1 aromatic carbocycles. The number of aromatic amines is 1. The largest absolute Gasteiger partial charge is 0.361 e. The van der Waals surface area contributed by atoms with Gasteiger partial charge >= 0.3 is 0 Å². The normalized spacial score (nSPS) is 19.1. The van der Waals surface area contributed by atoms with Crippen LogP contribution in [0.25, 0.3) is 10.9 Å². The molecule has 20 heavy (non-hydrogen) atoms. The fraction of sp³-hybridized carbons (Fsp3) is 0.438. The molecule has 1 saturated heterocycles. The zero-order chi connectivity index (χ0) is 14.1. The van der Waals surface area contributed by atoms with Gasteiger partial charge < -0.3 is 14.8 Å². The zero-order valence-corrected chi connectivity index (χ0v) is 12.1. The Kier molecular flexibility index (Phi) is 3.49. The van der Waals surface area contributed by atoms with Crippen molar-refractivity contribution >= 4 is 16.8 Å². The van der Waals surface area contributed by atoms with E-state index in [1.165, 1.54) is 0 Å². The quantitative estimate of drug-likeness (QED) is 0.930. The highest BCUT2D eigenvalue weighted by molar-refractivity contribution is 6.06. The number of rotatable bonds is 3. The summed E-state index contributed by atoms with van der Waals surface area (Å²) in [5, 5.41) is 1.02. The van der Waals surface area contributed by atoms with Gasteiger partial charge in [-0.1, -0.05) is 6.07 Å². The topological polar surface area (TPSA) is 39.3 Å². The third-order valence-electron chi connectivity index (χ3n) is 4.04. The zero-order valence-electron chi connectivity index (χ0n) is 12.1. The van der Waals surface area contributed by atoms with E-state index in [-0.39, 0.29) is 5.91 Å². The van der Waals surface area contributed by atoms with E-state index in [4.69, 9.17) is 0 Å². The third kappa shape index (κ3) is 2.31. The van der Waals surface area contributed by atoms with Gasteiger partial charge in [-0.2, -0.15) is 0 Å². The molecule has 1 aliphatic heterocycles. The third-order valence-corrected chi connectivity index (χ3v) is 4.04. The van der Waals surface area contributed by atoms with Gasteiger partial charge in [0.1, 0.15) is 0 Å². The Bertz CT molecular complexity index is 617. The van der Waals surface area contributed by atoms with Crippen LogP contribution in [0.4, 0.5) is 0 Å². The van der Waals surface area contributed by atoms with Crippen LogP contribution in [0.5, 0.6) is 0 Å². The van der Waals surface area contributed by atoms with Crippen LogP contribution in [0.3, 0.4) is 0 Å². The Hall–Kier alpha value is -1.81. The number of fused-ring (bicyclic) bond motifs is 1. The van der Waals surface area contributed by atoms with E-state index < -0.39 is 0 Å². The summed E-state index contributed by atoms with van der Waals surface area (Å²) in [5.74, 6) is 0.166. The van der Waals surface area contributed by atoms with Crippen LogP contribution in [-0.2, 0) is 0 Å². The SMILES string of the molecule is CN(C)CC1CCCN1C(=O)c1cccc2[nH]ccc12. The molecular weight excluding hydrogens is 250 g/mol. The second-order valence-electron chi connectivity index (χ2n) is 5.80. The molecule has 4 heteroatoms. The molecule has 1 aliphatic rings. The first-order valence-electron chi connectivity index (χ1n) is 7.18. The minimum atomic E-state index is 0.166. The van der Waals surface area contributed by atoms with Crippen LogP contribution in [0.1, 0.15) is 23.2 Å². The van der Waals surface area contributed by atoms with E-state index in [0.29, 0.717) is 6.04 Å². The Balaban J connectivity index is 1.90. The number of nitrogens with one attached hydrogen (secondary N) is 1. The van der Waals surface area contributed by atoms with Crippen molar-refractivity contribution < 1.29 is 4.79 Å². The van der Waals surface area contributed by atoms with Crippen molar-refractivity contribution in [1.82, 2.24) is 14.8 Å². The first-order valence-corrected chi connectivity index (χ1v) is 7.18. The molecule has 1 unspecified atom stereocenters. The smallest absolute Gasteiger partial charge is 0.254 e. The molecule has 1 fully saturated rings. The molecule has 2 aromatic rings. The number of carbonyl (C=O) groups excluding carboxylic acids is 1.